The van der Waals surface area contributed by atoms with Crippen LogP contribution < -0.4 is 0 Å². The molecule has 0 aliphatic rings. The third-order valence-electron chi connectivity index (χ3n) is 4.08. The Morgan fingerprint density at radius 1 is 0.955 bits per heavy atom. The Morgan fingerprint density at radius 2 is 1.64 bits per heavy atom. The molecule has 114 valence electrons. The van der Waals surface area contributed by atoms with Crippen LogP contribution in [0.3, 0.4) is 0 Å². The van der Waals surface area contributed by atoms with Crippen molar-refractivity contribution < 1.29 is 15.3 Å². The zero-order valence-corrected chi connectivity index (χ0v) is 12.4. The predicted molar refractivity (Wildman–Crippen MR) is 86.4 cm³/mol. The Hall–Kier alpha value is -2.62. The number of nitrogens with zero attached hydrogens (tertiary/aromatic N) is 1. The van der Waals surface area contributed by atoms with Crippen LogP contribution in [0.5, 0.6) is 17.2 Å². The molecular weight excluding hydrogens is 278 g/mol. The van der Waals surface area contributed by atoms with Gasteiger partial charge < -0.3 is 19.9 Å². The lowest BCUT2D eigenvalue weighted by Crippen LogP contribution is -2.05. The first-order valence-electron chi connectivity index (χ1n) is 7.35. The van der Waals surface area contributed by atoms with Crippen molar-refractivity contribution in [2.75, 3.05) is 0 Å². The first kappa shape index (κ1) is 14.3. The molecule has 0 saturated heterocycles. The van der Waals surface area contributed by atoms with Crippen LogP contribution in [0, 0.1) is 0 Å². The maximum Gasteiger partial charge on any atom is 0.159 e. The Morgan fingerprint density at radius 3 is 2.36 bits per heavy atom. The van der Waals surface area contributed by atoms with Crippen molar-refractivity contribution in [1.29, 1.82) is 0 Å². The van der Waals surface area contributed by atoms with Crippen LogP contribution in [-0.4, -0.2) is 19.9 Å². The fourth-order valence-corrected chi connectivity index (χ4v) is 2.74. The van der Waals surface area contributed by atoms with Crippen LogP contribution >= 0.6 is 0 Å². The highest BCUT2D eigenvalue weighted by molar-refractivity contribution is 5.84. The van der Waals surface area contributed by atoms with E-state index in [9.17, 15) is 15.3 Å². The molecule has 3 N–H and O–H groups in total. The molecule has 0 saturated carbocycles. The molecule has 0 radical (unpaired) electrons. The maximum atomic E-state index is 9.69. The average molecular weight is 297 g/mol. The quantitative estimate of drug-likeness (QED) is 0.639. The van der Waals surface area contributed by atoms with Gasteiger partial charge in [0.15, 0.2) is 11.5 Å². The number of aromatic nitrogens is 1. The summed E-state index contributed by atoms with van der Waals surface area (Å²) < 4.78 is 2.11. The van der Waals surface area contributed by atoms with Crippen LogP contribution in [0.2, 0.25) is 0 Å². The van der Waals surface area contributed by atoms with Gasteiger partial charge in [-0.05, 0) is 49.6 Å². The van der Waals surface area contributed by atoms with Crippen molar-refractivity contribution in [3.63, 3.8) is 0 Å². The molecule has 4 heteroatoms. The van der Waals surface area contributed by atoms with E-state index < -0.39 is 0 Å². The van der Waals surface area contributed by atoms with E-state index in [2.05, 4.69) is 11.5 Å². The van der Waals surface area contributed by atoms with E-state index in [1.807, 2.05) is 24.4 Å². The van der Waals surface area contributed by atoms with E-state index in [-0.39, 0.29) is 23.3 Å². The molecule has 3 aromatic rings. The first-order valence-corrected chi connectivity index (χ1v) is 7.35. The molecule has 2 aromatic carbocycles. The van der Waals surface area contributed by atoms with Crippen molar-refractivity contribution in [3.8, 4) is 17.2 Å². The van der Waals surface area contributed by atoms with E-state index in [0.717, 1.165) is 23.7 Å². The van der Waals surface area contributed by atoms with Gasteiger partial charge in [0.05, 0.1) is 5.52 Å². The maximum absolute atomic E-state index is 9.69. The molecule has 4 nitrogen and oxygen atoms in total. The van der Waals surface area contributed by atoms with Gasteiger partial charge in [-0.3, -0.25) is 0 Å². The summed E-state index contributed by atoms with van der Waals surface area (Å²) in [6, 6.07) is 12.6. The minimum atomic E-state index is -0.0989. The van der Waals surface area contributed by atoms with Crippen LogP contribution in [0.1, 0.15) is 24.9 Å². The van der Waals surface area contributed by atoms with Crippen molar-refractivity contribution in [2.45, 2.75) is 25.8 Å². The van der Waals surface area contributed by atoms with Crippen molar-refractivity contribution in [3.05, 3.63) is 54.2 Å². The molecule has 0 amide bonds. The van der Waals surface area contributed by atoms with Crippen molar-refractivity contribution in [2.24, 2.45) is 0 Å². The van der Waals surface area contributed by atoms with Crippen molar-refractivity contribution in [1.82, 2.24) is 4.57 Å². The largest absolute Gasteiger partial charge is 0.508 e. The molecule has 0 aliphatic heterocycles. The molecule has 0 bridgehead atoms. The Bertz CT molecular complexity index is 790. The number of rotatable bonds is 4. The average Bonchev–Trinajstić information content (AvgIpc) is 2.90. The van der Waals surface area contributed by atoms with Crippen LogP contribution in [0.4, 0.5) is 0 Å². The molecule has 3 rings (SSSR count). The predicted octanol–water partition coefficient (Wildman–Crippen LogP) is 3.95. The second-order valence-corrected chi connectivity index (χ2v) is 5.68. The van der Waals surface area contributed by atoms with Gasteiger partial charge in [-0.15, -0.1) is 0 Å². The third-order valence-corrected chi connectivity index (χ3v) is 4.08. The lowest BCUT2D eigenvalue weighted by molar-refractivity contribution is 0.404. The number of benzene rings is 2. The van der Waals surface area contributed by atoms with Gasteiger partial charge in [-0.1, -0.05) is 12.1 Å². The fourth-order valence-electron chi connectivity index (χ4n) is 2.74. The van der Waals surface area contributed by atoms with Crippen molar-refractivity contribution >= 4 is 10.9 Å². The zero-order chi connectivity index (χ0) is 15.7. The molecule has 0 aliphatic carbocycles. The molecule has 0 fully saturated rings. The highest BCUT2D eigenvalue weighted by Crippen LogP contribution is 2.32. The third kappa shape index (κ3) is 2.72. The minimum Gasteiger partial charge on any atom is -0.508 e. The Kier molecular flexibility index (Phi) is 3.67. The van der Waals surface area contributed by atoms with Crippen LogP contribution in [0.15, 0.2) is 48.7 Å². The van der Waals surface area contributed by atoms with Gasteiger partial charge in [0.25, 0.3) is 0 Å². The summed E-state index contributed by atoms with van der Waals surface area (Å²) in [5.41, 5.74) is 2.09. The Labute approximate surface area is 128 Å². The summed E-state index contributed by atoms with van der Waals surface area (Å²) in [5.74, 6) is 0.0867. The van der Waals surface area contributed by atoms with Crippen LogP contribution in [0.25, 0.3) is 10.9 Å². The lowest BCUT2D eigenvalue weighted by Gasteiger charge is -2.15. The minimum absolute atomic E-state index is 0.0954. The normalized spacial score (nSPS) is 12.6. The highest BCUT2D eigenvalue weighted by Gasteiger charge is 2.11. The number of hydrogen-bond acceptors (Lipinski definition) is 3. The smallest absolute Gasteiger partial charge is 0.159 e. The number of phenolic OH excluding ortho intramolecular Hbond substituents is 3. The molecule has 1 unspecified atom stereocenters. The van der Waals surface area contributed by atoms with E-state index >= 15 is 0 Å². The summed E-state index contributed by atoms with van der Waals surface area (Å²) >= 11 is 0. The van der Waals surface area contributed by atoms with Gasteiger partial charge >= 0.3 is 0 Å². The summed E-state index contributed by atoms with van der Waals surface area (Å²) in [6.07, 6.45) is 3.83. The van der Waals surface area contributed by atoms with Gasteiger partial charge in [0.1, 0.15) is 5.75 Å². The lowest BCUT2D eigenvalue weighted by atomic mass is 10.1. The fraction of sp³-hybridized carbons (Fsp3) is 0.222. The van der Waals surface area contributed by atoms with Gasteiger partial charge in [0.2, 0.25) is 0 Å². The van der Waals surface area contributed by atoms with E-state index in [1.165, 1.54) is 5.56 Å². The molecule has 22 heavy (non-hydrogen) atoms. The monoisotopic (exact) mass is 297 g/mol. The van der Waals surface area contributed by atoms with E-state index in [4.69, 9.17) is 0 Å². The van der Waals surface area contributed by atoms with E-state index in [1.54, 1.807) is 24.3 Å². The number of aryl methyl sites for hydroxylation is 1. The molecule has 1 heterocycles. The van der Waals surface area contributed by atoms with Crippen LogP contribution in [-0.2, 0) is 6.42 Å². The summed E-state index contributed by atoms with van der Waals surface area (Å²) in [5, 5.41) is 29.5. The second-order valence-electron chi connectivity index (χ2n) is 5.68. The van der Waals surface area contributed by atoms with Gasteiger partial charge in [-0.2, -0.15) is 0 Å². The number of aromatic hydroxyl groups is 3. The number of fused-ring (bicyclic) bond motifs is 1. The summed E-state index contributed by atoms with van der Waals surface area (Å²) in [6.45, 7) is 2.13. The first-order chi connectivity index (χ1) is 10.5. The summed E-state index contributed by atoms with van der Waals surface area (Å²) in [4.78, 5) is 0. The second kappa shape index (κ2) is 5.64. The SMILES string of the molecule is CC(CCc1ccc(O)cc1)n1ccc2cc(O)c(O)cc21. The topological polar surface area (TPSA) is 65.6 Å². The molecule has 1 aromatic heterocycles. The molecular formula is C18H19NO3. The molecule has 0 spiro atoms. The standard InChI is InChI=1S/C18H19NO3/c1-12(2-3-13-4-6-15(20)7-5-13)19-9-8-14-10-17(21)18(22)11-16(14)19/h4-12,20-22H,2-3H2,1H3. The Balaban J connectivity index is 1.78. The number of phenols is 3. The molecule has 1 atom stereocenters. The number of hydrogen-bond donors (Lipinski definition) is 3. The van der Waals surface area contributed by atoms with E-state index in [0.29, 0.717) is 0 Å². The highest BCUT2D eigenvalue weighted by atomic mass is 16.3. The van der Waals surface area contributed by atoms with Gasteiger partial charge in [0, 0.05) is 23.7 Å². The van der Waals surface area contributed by atoms with Gasteiger partial charge in [-0.25, -0.2) is 0 Å². The summed E-state index contributed by atoms with van der Waals surface area (Å²) in [7, 11) is 0. The zero-order valence-electron chi connectivity index (χ0n) is 12.4.